The molecule has 0 bridgehead atoms. The van der Waals surface area contributed by atoms with E-state index in [1.165, 1.54) is 0 Å². The largest absolute Gasteiger partial charge is 0.370 e. The summed E-state index contributed by atoms with van der Waals surface area (Å²) in [5.41, 5.74) is 20.1. The Morgan fingerprint density at radius 3 is 2.20 bits per heavy atom. The van der Waals surface area contributed by atoms with E-state index in [1.54, 1.807) is 0 Å². The van der Waals surface area contributed by atoms with Gasteiger partial charge < -0.3 is 16.2 Å². The van der Waals surface area contributed by atoms with Gasteiger partial charge >= 0.3 is 0 Å². The highest BCUT2D eigenvalue weighted by Gasteiger charge is 1.96. The molecule has 0 spiro atoms. The number of hydrogen-bond acceptors (Lipinski definition) is 5. The van der Waals surface area contributed by atoms with Crippen LogP contribution in [0.15, 0.2) is 4.99 Å². The minimum Gasteiger partial charge on any atom is -0.370 e. The van der Waals surface area contributed by atoms with Crippen molar-refractivity contribution in [2.75, 3.05) is 0 Å². The molecule has 60 valence electrons. The molecule has 10 heavy (non-hydrogen) atoms. The summed E-state index contributed by atoms with van der Waals surface area (Å²) < 4.78 is 0. The number of aliphatic imine (C=N–C) groups is 1. The molecular formula is C3H12N6O. The third-order valence-electron chi connectivity index (χ3n) is 0.586. The van der Waals surface area contributed by atoms with Crippen LogP contribution in [0, 0.1) is 0 Å². The van der Waals surface area contributed by atoms with E-state index in [2.05, 4.69) is 10.3 Å². The first-order chi connectivity index (χ1) is 4.52. The third-order valence-corrected chi connectivity index (χ3v) is 0.586. The summed E-state index contributed by atoms with van der Waals surface area (Å²) in [4.78, 5) is 3.27. The van der Waals surface area contributed by atoms with Crippen LogP contribution >= 0.6 is 0 Å². The number of guanidine groups is 1. The lowest BCUT2D eigenvalue weighted by molar-refractivity contribution is 0.192. The van der Waals surface area contributed by atoms with Gasteiger partial charge in [0.15, 0.2) is 5.96 Å². The molecule has 0 saturated carbocycles. The average molecular weight is 148 g/mol. The number of rotatable bonds is 2. The first-order valence-corrected chi connectivity index (χ1v) is 2.57. The second-order valence-electron chi connectivity index (χ2n) is 1.60. The fourth-order valence-electron chi connectivity index (χ4n) is 0.351. The van der Waals surface area contributed by atoms with E-state index in [1.807, 2.05) is 0 Å². The van der Waals surface area contributed by atoms with Gasteiger partial charge in [-0.15, -0.1) is 0 Å². The van der Waals surface area contributed by atoms with E-state index < -0.39 is 12.6 Å². The van der Waals surface area contributed by atoms with Crippen molar-refractivity contribution in [3.05, 3.63) is 0 Å². The molecule has 0 aromatic rings. The summed E-state index contributed by atoms with van der Waals surface area (Å²) in [5, 5.41) is 10.7. The fourth-order valence-corrected chi connectivity index (χ4v) is 0.351. The summed E-state index contributed by atoms with van der Waals surface area (Å²) in [6.07, 6.45) is -2.14. The van der Waals surface area contributed by atoms with Gasteiger partial charge in [-0.05, 0) is 0 Å². The van der Waals surface area contributed by atoms with Crippen LogP contribution in [0.5, 0.6) is 0 Å². The molecule has 0 aliphatic heterocycles. The fraction of sp³-hybridized carbons (Fsp3) is 0.667. The lowest BCUT2D eigenvalue weighted by Crippen LogP contribution is -2.51. The van der Waals surface area contributed by atoms with Gasteiger partial charge in [-0.2, -0.15) is 0 Å². The normalized spacial score (nSPS) is 15.5. The minimum absolute atomic E-state index is 0.0926. The van der Waals surface area contributed by atoms with E-state index in [0.717, 1.165) is 0 Å². The van der Waals surface area contributed by atoms with Crippen molar-refractivity contribution in [3.63, 3.8) is 0 Å². The molecule has 0 rings (SSSR count). The van der Waals surface area contributed by atoms with E-state index >= 15 is 0 Å². The van der Waals surface area contributed by atoms with Gasteiger partial charge in [0.1, 0.15) is 6.29 Å². The van der Waals surface area contributed by atoms with Crippen molar-refractivity contribution < 1.29 is 5.11 Å². The predicted molar refractivity (Wildman–Crippen MR) is 37.1 cm³/mol. The van der Waals surface area contributed by atoms with Gasteiger partial charge in [-0.3, -0.25) is 17.2 Å². The van der Waals surface area contributed by atoms with Gasteiger partial charge in [-0.25, -0.2) is 4.99 Å². The second-order valence-corrected chi connectivity index (χ2v) is 1.60. The van der Waals surface area contributed by atoms with Crippen LogP contribution in [0.2, 0.25) is 0 Å². The number of nitrogens with two attached hydrogens (primary N) is 4. The molecule has 0 heterocycles. The minimum atomic E-state index is -1.34. The van der Waals surface area contributed by atoms with Crippen LogP contribution in [0.1, 0.15) is 0 Å². The Bertz CT molecular complexity index is 120. The van der Waals surface area contributed by atoms with Gasteiger partial charge in [0.25, 0.3) is 0 Å². The standard InChI is InChI=1S/C3H12N6O/c4-1(5)8-2(6)9-3(7)10/h1,3,10H,4-5,7H2,(H3,6,8,9). The number of nitrogens with one attached hydrogen (secondary N) is 1. The zero-order valence-electron chi connectivity index (χ0n) is 5.36. The van der Waals surface area contributed by atoms with E-state index in [4.69, 9.17) is 28.0 Å². The number of nitrogens with zero attached hydrogens (tertiary/aromatic N) is 1. The van der Waals surface area contributed by atoms with Crippen LogP contribution in [0.25, 0.3) is 0 Å². The maximum Gasteiger partial charge on any atom is 0.203 e. The average Bonchev–Trinajstić information content (AvgIpc) is 1.58. The van der Waals surface area contributed by atoms with Crippen LogP contribution in [0.4, 0.5) is 0 Å². The SMILES string of the molecule is NC(=NC(N)O)NC(N)N. The Morgan fingerprint density at radius 2 is 1.90 bits per heavy atom. The summed E-state index contributed by atoms with van der Waals surface area (Å²) in [6.45, 7) is 0. The maximum absolute atomic E-state index is 8.42. The Balaban J connectivity index is 3.71. The Hall–Kier alpha value is -0.890. The summed E-state index contributed by atoms with van der Waals surface area (Å²) in [6, 6.07) is 0. The number of aliphatic hydroxyl groups excluding tert-OH is 1. The van der Waals surface area contributed by atoms with Crippen LogP contribution < -0.4 is 28.3 Å². The Kier molecular flexibility index (Phi) is 3.65. The van der Waals surface area contributed by atoms with Crippen molar-refractivity contribution in [1.82, 2.24) is 5.32 Å². The third kappa shape index (κ3) is 5.25. The predicted octanol–water partition coefficient (Wildman–Crippen LogP) is -3.67. The van der Waals surface area contributed by atoms with Crippen molar-refractivity contribution >= 4 is 5.96 Å². The molecule has 0 aromatic carbocycles. The van der Waals surface area contributed by atoms with Gasteiger partial charge in [0.05, 0.1) is 0 Å². The molecule has 0 saturated heterocycles. The number of hydrogen-bond donors (Lipinski definition) is 6. The highest BCUT2D eigenvalue weighted by atomic mass is 16.3. The molecule has 10 N–H and O–H groups in total. The maximum atomic E-state index is 8.42. The zero-order chi connectivity index (χ0) is 8.15. The molecule has 0 aromatic heterocycles. The lowest BCUT2D eigenvalue weighted by Gasteiger charge is -2.08. The van der Waals surface area contributed by atoms with Gasteiger partial charge in [0.2, 0.25) is 6.35 Å². The van der Waals surface area contributed by atoms with Crippen LogP contribution in [-0.2, 0) is 0 Å². The van der Waals surface area contributed by atoms with Crippen molar-refractivity contribution in [2.24, 2.45) is 27.9 Å². The van der Waals surface area contributed by atoms with Crippen LogP contribution in [-0.4, -0.2) is 23.7 Å². The summed E-state index contributed by atoms with van der Waals surface area (Å²) >= 11 is 0. The molecule has 0 fully saturated rings. The van der Waals surface area contributed by atoms with Crippen LogP contribution in [0.3, 0.4) is 0 Å². The summed E-state index contributed by atoms with van der Waals surface area (Å²) in [7, 11) is 0. The zero-order valence-corrected chi connectivity index (χ0v) is 5.36. The highest BCUT2D eigenvalue weighted by Crippen LogP contribution is 1.69. The smallest absolute Gasteiger partial charge is 0.203 e. The molecule has 0 aliphatic rings. The van der Waals surface area contributed by atoms with Gasteiger partial charge in [0, 0.05) is 0 Å². The van der Waals surface area contributed by atoms with Crippen molar-refractivity contribution in [1.29, 1.82) is 0 Å². The van der Waals surface area contributed by atoms with E-state index in [0.29, 0.717) is 0 Å². The molecular weight excluding hydrogens is 136 g/mol. The molecule has 1 atom stereocenters. The van der Waals surface area contributed by atoms with E-state index in [-0.39, 0.29) is 5.96 Å². The quantitative estimate of drug-likeness (QED) is 0.135. The first kappa shape index (κ1) is 9.11. The number of aliphatic hydroxyl groups is 1. The molecule has 0 aliphatic carbocycles. The van der Waals surface area contributed by atoms with E-state index in [9.17, 15) is 0 Å². The topological polar surface area (TPSA) is 149 Å². The first-order valence-electron chi connectivity index (χ1n) is 2.57. The van der Waals surface area contributed by atoms with Crippen molar-refractivity contribution in [3.8, 4) is 0 Å². The van der Waals surface area contributed by atoms with Gasteiger partial charge in [-0.1, -0.05) is 0 Å². The molecule has 7 heteroatoms. The second kappa shape index (κ2) is 4.01. The molecule has 0 amide bonds. The van der Waals surface area contributed by atoms with Crippen molar-refractivity contribution in [2.45, 2.75) is 12.6 Å². The Labute approximate surface area is 58.1 Å². The lowest BCUT2D eigenvalue weighted by atomic mass is 10.8. The highest BCUT2D eigenvalue weighted by molar-refractivity contribution is 5.78. The monoisotopic (exact) mass is 148 g/mol. The molecule has 7 nitrogen and oxygen atoms in total. The Morgan fingerprint density at radius 1 is 1.40 bits per heavy atom. The molecule has 0 radical (unpaired) electrons. The molecule has 1 unspecified atom stereocenters. The summed E-state index contributed by atoms with van der Waals surface area (Å²) in [5.74, 6) is -0.0926.